The summed E-state index contributed by atoms with van der Waals surface area (Å²) in [4.78, 5) is 28.4. The van der Waals surface area contributed by atoms with E-state index < -0.39 is 0 Å². The van der Waals surface area contributed by atoms with Crippen molar-refractivity contribution < 1.29 is 14.3 Å². The van der Waals surface area contributed by atoms with Crippen LogP contribution in [0.15, 0.2) is 11.6 Å². The Labute approximate surface area is 327 Å². The van der Waals surface area contributed by atoms with Gasteiger partial charge in [-0.05, 0) is 145 Å². The molecule has 0 aromatic carbocycles. The van der Waals surface area contributed by atoms with Crippen molar-refractivity contribution in [2.45, 2.75) is 214 Å². The van der Waals surface area contributed by atoms with E-state index in [-0.39, 0.29) is 34.5 Å². The number of ether oxygens (including phenoxy) is 1. The van der Waals surface area contributed by atoms with Gasteiger partial charge in [-0.25, -0.2) is 0 Å². The number of nitrogens with zero attached hydrogens (tertiary/aromatic N) is 1. The number of allylic oxidation sites excluding steroid dienone is 1. The lowest BCUT2D eigenvalue weighted by Gasteiger charge is -2.58. The number of rotatable bonds is 21. The average molecular weight is 740 g/mol. The number of fused-ring (bicyclic) bond motifs is 5. The van der Waals surface area contributed by atoms with Crippen molar-refractivity contribution in [1.82, 2.24) is 4.90 Å². The summed E-state index contributed by atoms with van der Waals surface area (Å²) in [7, 11) is 0. The number of hydrogen-bond donors (Lipinski definition) is 2. The molecule has 0 bridgehead atoms. The van der Waals surface area contributed by atoms with Gasteiger partial charge in [0.1, 0.15) is 6.10 Å². The summed E-state index contributed by atoms with van der Waals surface area (Å²) in [6.07, 6.45) is 25.3. The molecule has 3 saturated carbocycles. The van der Waals surface area contributed by atoms with E-state index in [9.17, 15) is 9.59 Å². The Morgan fingerprint density at radius 2 is 1.51 bits per heavy atom. The van der Waals surface area contributed by atoms with E-state index in [0.29, 0.717) is 31.2 Å². The van der Waals surface area contributed by atoms with Crippen molar-refractivity contribution in [3.05, 3.63) is 11.6 Å². The first-order chi connectivity index (χ1) is 24.8. The zero-order valence-electron chi connectivity index (χ0n) is 36.2. The van der Waals surface area contributed by atoms with Gasteiger partial charge in [-0.1, -0.05) is 91.2 Å². The molecule has 6 heteroatoms. The van der Waals surface area contributed by atoms with Crippen molar-refractivity contribution in [2.24, 2.45) is 57.8 Å². The monoisotopic (exact) mass is 740 g/mol. The van der Waals surface area contributed by atoms with Gasteiger partial charge in [0.25, 0.3) is 0 Å². The van der Waals surface area contributed by atoms with Crippen molar-refractivity contribution in [3.63, 3.8) is 0 Å². The van der Waals surface area contributed by atoms with Crippen LogP contribution in [0.2, 0.25) is 0 Å². The van der Waals surface area contributed by atoms with Crippen LogP contribution in [0.3, 0.4) is 0 Å². The molecule has 3 fully saturated rings. The summed E-state index contributed by atoms with van der Waals surface area (Å²) < 4.78 is 6.13. The van der Waals surface area contributed by atoms with Crippen LogP contribution in [-0.4, -0.2) is 47.0 Å². The molecular formula is C47H85N3O3. The van der Waals surface area contributed by atoms with E-state index in [1.165, 1.54) is 64.2 Å². The third-order valence-corrected chi connectivity index (χ3v) is 15.0. The highest BCUT2D eigenvalue weighted by atomic mass is 16.5. The number of amides is 1. The molecule has 1 amide bonds. The van der Waals surface area contributed by atoms with E-state index in [1.54, 1.807) is 5.57 Å². The van der Waals surface area contributed by atoms with Crippen LogP contribution in [0.25, 0.3) is 0 Å². The molecule has 4 aliphatic rings. The SMILES string of the molecule is CC(C)CCC[C@@H](C)[C@H]1CC[C@H]2[C@@H]3CC=C4C[C@@H](OC(=O)CCCC(=O)N(CCCCCCCC(C)(C)N)CCC(C)(C)N)CC[C@]4(C)[C@H]3CC[C@]12C. The van der Waals surface area contributed by atoms with Crippen LogP contribution < -0.4 is 11.5 Å². The van der Waals surface area contributed by atoms with E-state index in [4.69, 9.17) is 16.2 Å². The second-order valence-corrected chi connectivity index (χ2v) is 21.1. The highest BCUT2D eigenvalue weighted by molar-refractivity contribution is 5.77. The third kappa shape index (κ3) is 12.5. The summed E-state index contributed by atoms with van der Waals surface area (Å²) >= 11 is 0. The Kier molecular flexibility index (Phi) is 16.0. The topological polar surface area (TPSA) is 98.7 Å². The van der Waals surface area contributed by atoms with Crippen molar-refractivity contribution >= 4 is 11.9 Å². The fourth-order valence-electron chi connectivity index (χ4n) is 11.7. The molecule has 4 rings (SSSR count). The maximum atomic E-state index is 13.3. The molecule has 0 spiro atoms. The Hall–Kier alpha value is -1.40. The maximum absolute atomic E-state index is 13.3. The number of esters is 1. The molecule has 0 saturated heterocycles. The van der Waals surface area contributed by atoms with E-state index in [1.807, 2.05) is 18.7 Å². The summed E-state index contributed by atoms with van der Waals surface area (Å²) in [5.41, 5.74) is 14.3. The first-order valence-corrected chi connectivity index (χ1v) is 22.6. The molecule has 4 aliphatic carbocycles. The van der Waals surface area contributed by atoms with Crippen molar-refractivity contribution in [2.75, 3.05) is 13.1 Å². The predicted octanol–water partition coefficient (Wildman–Crippen LogP) is 11.1. The van der Waals surface area contributed by atoms with Crippen LogP contribution in [-0.2, 0) is 14.3 Å². The molecule has 0 unspecified atom stereocenters. The molecule has 0 aromatic rings. The summed E-state index contributed by atoms with van der Waals surface area (Å²) in [6, 6.07) is 0. The van der Waals surface area contributed by atoms with E-state index in [2.05, 4.69) is 54.5 Å². The molecule has 0 aliphatic heterocycles. The minimum Gasteiger partial charge on any atom is -0.462 e. The van der Waals surface area contributed by atoms with Crippen LogP contribution in [0.5, 0.6) is 0 Å². The van der Waals surface area contributed by atoms with Gasteiger partial charge in [-0.2, -0.15) is 0 Å². The molecule has 4 N–H and O–H groups in total. The van der Waals surface area contributed by atoms with Gasteiger partial charge in [-0.15, -0.1) is 0 Å². The quantitative estimate of drug-likeness (QED) is 0.0694. The molecule has 6 nitrogen and oxygen atoms in total. The predicted molar refractivity (Wildman–Crippen MR) is 222 cm³/mol. The van der Waals surface area contributed by atoms with Gasteiger partial charge in [0.2, 0.25) is 5.91 Å². The summed E-state index contributed by atoms with van der Waals surface area (Å²) in [6.45, 7) is 22.2. The van der Waals surface area contributed by atoms with Gasteiger partial charge < -0.3 is 21.1 Å². The number of hydrogen-bond acceptors (Lipinski definition) is 5. The van der Waals surface area contributed by atoms with Gasteiger partial charge in [-0.3, -0.25) is 9.59 Å². The van der Waals surface area contributed by atoms with E-state index >= 15 is 0 Å². The molecular weight excluding hydrogens is 655 g/mol. The zero-order chi connectivity index (χ0) is 39.0. The van der Waals surface area contributed by atoms with Crippen LogP contribution in [0, 0.1) is 46.3 Å². The second kappa shape index (κ2) is 19.2. The summed E-state index contributed by atoms with van der Waals surface area (Å²) in [5.74, 6) is 5.00. The summed E-state index contributed by atoms with van der Waals surface area (Å²) in [5, 5.41) is 0. The largest absolute Gasteiger partial charge is 0.462 e. The molecule has 0 heterocycles. The van der Waals surface area contributed by atoms with Crippen LogP contribution in [0.4, 0.5) is 0 Å². The van der Waals surface area contributed by atoms with E-state index in [0.717, 1.165) is 93.4 Å². The number of unbranched alkanes of at least 4 members (excludes halogenated alkanes) is 4. The van der Waals surface area contributed by atoms with Crippen molar-refractivity contribution in [3.8, 4) is 0 Å². The van der Waals surface area contributed by atoms with Crippen LogP contribution >= 0.6 is 0 Å². The average Bonchev–Trinajstić information content (AvgIpc) is 3.42. The lowest BCUT2D eigenvalue weighted by atomic mass is 9.47. The Morgan fingerprint density at radius 1 is 0.811 bits per heavy atom. The molecule has 0 radical (unpaired) electrons. The highest BCUT2D eigenvalue weighted by Crippen LogP contribution is 2.67. The molecule has 306 valence electrons. The number of carbonyl (C=O) groups is 2. The zero-order valence-corrected chi connectivity index (χ0v) is 36.2. The normalized spacial score (nSPS) is 30.6. The maximum Gasteiger partial charge on any atom is 0.306 e. The Balaban J connectivity index is 1.22. The lowest BCUT2D eigenvalue weighted by Crippen LogP contribution is -2.51. The van der Waals surface area contributed by atoms with Crippen LogP contribution in [0.1, 0.15) is 197 Å². The fourth-order valence-corrected chi connectivity index (χ4v) is 11.7. The highest BCUT2D eigenvalue weighted by Gasteiger charge is 2.59. The van der Waals surface area contributed by atoms with Crippen molar-refractivity contribution in [1.29, 1.82) is 0 Å². The first kappa shape index (κ1) is 44.3. The fraction of sp³-hybridized carbons (Fsp3) is 0.915. The minimum atomic E-state index is -0.315. The lowest BCUT2D eigenvalue weighted by molar-refractivity contribution is -0.151. The minimum absolute atomic E-state index is 0.0234. The smallest absolute Gasteiger partial charge is 0.306 e. The standard InChI is InChI=1S/C47H85N3O3/c1-34(2)17-15-18-35(3)39-23-24-40-38-22-21-36-33-37(25-28-46(36,8)41(38)26-29-47(39,40)9)53-43(52)20-16-19-42(51)50(32-30-45(6,7)49)31-14-12-10-11-13-27-44(4,5)48/h21,34-35,37-41H,10-20,22-33,48-49H2,1-9H3/t35-,37+,38+,39-,40+,41+,46+,47-/m1/s1. The molecule has 53 heavy (non-hydrogen) atoms. The van der Waals surface area contributed by atoms with Gasteiger partial charge in [0.15, 0.2) is 0 Å². The Morgan fingerprint density at radius 3 is 2.21 bits per heavy atom. The molecule has 0 aromatic heterocycles. The third-order valence-electron chi connectivity index (χ3n) is 15.0. The van der Waals surface area contributed by atoms with Gasteiger partial charge in [0.05, 0.1) is 0 Å². The van der Waals surface area contributed by atoms with Gasteiger partial charge in [0, 0.05) is 43.4 Å². The number of carbonyl (C=O) groups excluding carboxylic acids is 2. The first-order valence-electron chi connectivity index (χ1n) is 22.6. The second-order valence-electron chi connectivity index (χ2n) is 21.1. The van der Waals surface area contributed by atoms with Gasteiger partial charge >= 0.3 is 5.97 Å². The number of nitrogens with two attached hydrogens (primary N) is 2. The molecule has 8 atom stereocenters. The Bertz CT molecular complexity index is 1200.